The van der Waals surface area contributed by atoms with E-state index >= 15 is 0 Å². The SMILES string of the molecule is CNC(=O)[C@@H](C)NCc1ccc2c(c1)C(CCc1ccccc1)CO2. The summed E-state index contributed by atoms with van der Waals surface area (Å²) in [4.78, 5) is 11.6. The zero-order chi connectivity index (χ0) is 17.6. The van der Waals surface area contributed by atoms with Gasteiger partial charge in [-0.3, -0.25) is 4.79 Å². The minimum Gasteiger partial charge on any atom is -0.493 e. The Hall–Kier alpha value is -2.33. The first-order valence-electron chi connectivity index (χ1n) is 8.92. The minimum atomic E-state index is -0.205. The van der Waals surface area contributed by atoms with Gasteiger partial charge in [-0.1, -0.05) is 42.5 Å². The lowest BCUT2D eigenvalue weighted by molar-refractivity contribution is -0.122. The van der Waals surface area contributed by atoms with E-state index in [1.165, 1.54) is 16.7 Å². The lowest BCUT2D eigenvalue weighted by Crippen LogP contribution is -2.40. The molecule has 1 amide bonds. The molecule has 132 valence electrons. The highest BCUT2D eigenvalue weighted by Gasteiger charge is 2.24. The smallest absolute Gasteiger partial charge is 0.236 e. The van der Waals surface area contributed by atoms with Gasteiger partial charge in [-0.15, -0.1) is 0 Å². The maximum absolute atomic E-state index is 11.6. The topological polar surface area (TPSA) is 50.4 Å². The number of amides is 1. The second kappa shape index (κ2) is 8.17. The van der Waals surface area contributed by atoms with E-state index in [-0.39, 0.29) is 11.9 Å². The van der Waals surface area contributed by atoms with Gasteiger partial charge < -0.3 is 15.4 Å². The van der Waals surface area contributed by atoms with Gasteiger partial charge in [0.15, 0.2) is 0 Å². The number of nitrogens with one attached hydrogen (secondary N) is 2. The first kappa shape index (κ1) is 17.5. The van der Waals surface area contributed by atoms with Crippen LogP contribution in [-0.2, 0) is 17.8 Å². The number of likely N-dealkylation sites (N-methyl/N-ethyl adjacent to an activating group) is 1. The van der Waals surface area contributed by atoms with E-state index in [2.05, 4.69) is 59.2 Å². The molecule has 3 rings (SSSR count). The van der Waals surface area contributed by atoms with Crippen molar-refractivity contribution in [2.24, 2.45) is 0 Å². The molecule has 0 fully saturated rings. The molecular weight excluding hydrogens is 312 g/mol. The molecular formula is C21H26N2O2. The molecule has 0 bridgehead atoms. The molecule has 2 atom stereocenters. The molecule has 0 radical (unpaired) electrons. The second-order valence-corrected chi connectivity index (χ2v) is 6.62. The van der Waals surface area contributed by atoms with Gasteiger partial charge in [-0.25, -0.2) is 0 Å². The van der Waals surface area contributed by atoms with Crippen molar-refractivity contribution in [3.63, 3.8) is 0 Å². The molecule has 0 spiro atoms. The van der Waals surface area contributed by atoms with Gasteiger partial charge in [-0.05, 0) is 37.0 Å². The van der Waals surface area contributed by atoms with Crippen molar-refractivity contribution < 1.29 is 9.53 Å². The Labute approximate surface area is 149 Å². The number of carbonyl (C=O) groups excluding carboxylic acids is 1. The van der Waals surface area contributed by atoms with Crippen LogP contribution in [0.2, 0.25) is 0 Å². The van der Waals surface area contributed by atoms with Crippen LogP contribution in [0.3, 0.4) is 0 Å². The van der Waals surface area contributed by atoms with E-state index in [4.69, 9.17) is 4.74 Å². The molecule has 1 unspecified atom stereocenters. The Kier molecular flexibility index (Phi) is 5.71. The van der Waals surface area contributed by atoms with Gasteiger partial charge in [0.1, 0.15) is 5.75 Å². The van der Waals surface area contributed by atoms with E-state index in [1.807, 2.05) is 6.92 Å². The van der Waals surface area contributed by atoms with Crippen molar-refractivity contribution in [1.82, 2.24) is 10.6 Å². The summed E-state index contributed by atoms with van der Waals surface area (Å²) in [7, 11) is 1.66. The van der Waals surface area contributed by atoms with Gasteiger partial charge in [0.25, 0.3) is 0 Å². The van der Waals surface area contributed by atoms with Crippen molar-refractivity contribution in [3.8, 4) is 5.75 Å². The lowest BCUT2D eigenvalue weighted by atomic mass is 9.93. The zero-order valence-electron chi connectivity index (χ0n) is 14.9. The lowest BCUT2D eigenvalue weighted by Gasteiger charge is -2.14. The number of ether oxygens (including phenoxy) is 1. The molecule has 0 aliphatic carbocycles. The fraction of sp³-hybridized carbons (Fsp3) is 0.381. The van der Waals surface area contributed by atoms with Crippen LogP contribution in [0.15, 0.2) is 48.5 Å². The average molecular weight is 338 g/mol. The van der Waals surface area contributed by atoms with Crippen LogP contribution >= 0.6 is 0 Å². The van der Waals surface area contributed by atoms with E-state index in [0.717, 1.165) is 25.2 Å². The molecule has 25 heavy (non-hydrogen) atoms. The van der Waals surface area contributed by atoms with Crippen LogP contribution in [0.5, 0.6) is 5.75 Å². The van der Waals surface area contributed by atoms with Gasteiger partial charge in [-0.2, -0.15) is 0 Å². The quantitative estimate of drug-likeness (QED) is 0.816. The number of hydrogen-bond donors (Lipinski definition) is 2. The number of fused-ring (bicyclic) bond motifs is 1. The van der Waals surface area contributed by atoms with Crippen LogP contribution < -0.4 is 15.4 Å². The Balaban J connectivity index is 1.61. The van der Waals surface area contributed by atoms with Gasteiger partial charge in [0, 0.05) is 25.1 Å². The van der Waals surface area contributed by atoms with Crippen molar-refractivity contribution in [1.29, 1.82) is 0 Å². The highest BCUT2D eigenvalue weighted by atomic mass is 16.5. The summed E-state index contributed by atoms with van der Waals surface area (Å²) in [5.74, 6) is 1.44. The second-order valence-electron chi connectivity index (χ2n) is 6.62. The average Bonchev–Trinajstić information content (AvgIpc) is 3.06. The minimum absolute atomic E-state index is 0.00484. The molecule has 0 aromatic heterocycles. The van der Waals surface area contributed by atoms with Crippen LogP contribution in [0.4, 0.5) is 0 Å². The highest BCUT2D eigenvalue weighted by molar-refractivity contribution is 5.80. The summed E-state index contributed by atoms with van der Waals surface area (Å²) < 4.78 is 5.85. The summed E-state index contributed by atoms with van der Waals surface area (Å²) in [5.41, 5.74) is 3.85. The van der Waals surface area contributed by atoms with Crippen LogP contribution in [0, 0.1) is 0 Å². The summed E-state index contributed by atoms with van der Waals surface area (Å²) in [6.45, 7) is 3.30. The van der Waals surface area contributed by atoms with Crippen LogP contribution in [0.25, 0.3) is 0 Å². The van der Waals surface area contributed by atoms with Gasteiger partial charge in [0.05, 0.1) is 12.6 Å². The largest absolute Gasteiger partial charge is 0.493 e. The maximum atomic E-state index is 11.6. The molecule has 2 N–H and O–H groups in total. The number of aryl methyl sites for hydroxylation is 1. The normalized spacial score (nSPS) is 16.8. The Morgan fingerprint density at radius 1 is 1.20 bits per heavy atom. The number of rotatable bonds is 7. The third-order valence-electron chi connectivity index (χ3n) is 4.83. The van der Waals surface area contributed by atoms with Gasteiger partial charge in [0.2, 0.25) is 5.91 Å². The van der Waals surface area contributed by atoms with E-state index in [1.54, 1.807) is 7.05 Å². The summed E-state index contributed by atoms with van der Waals surface area (Å²) in [5, 5.41) is 5.92. The Morgan fingerprint density at radius 2 is 2.00 bits per heavy atom. The van der Waals surface area contributed by atoms with Crippen molar-refractivity contribution in [2.75, 3.05) is 13.7 Å². The summed E-state index contributed by atoms with van der Waals surface area (Å²) in [6.07, 6.45) is 2.15. The van der Waals surface area contributed by atoms with Crippen LogP contribution in [0.1, 0.15) is 36.0 Å². The fourth-order valence-electron chi connectivity index (χ4n) is 3.24. The zero-order valence-corrected chi connectivity index (χ0v) is 14.9. The highest BCUT2D eigenvalue weighted by Crippen LogP contribution is 2.37. The number of benzene rings is 2. The molecule has 0 saturated heterocycles. The fourth-order valence-corrected chi connectivity index (χ4v) is 3.24. The van der Waals surface area contributed by atoms with E-state index in [0.29, 0.717) is 12.5 Å². The maximum Gasteiger partial charge on any atom is 0.236 e. The molecule has 2 aromatic rings. The predicted octanol–water partition coefficient (Wildman–Crippen LogP) is 3.02. The predicted molar refractivity (Wildman–Crippen MR) is 99.8 cm³/mol. The first-order valence-corrected chi connectivity index (χ1v) is 8.92. The Bertz CT molecular complexity index is 715. The third kappa shape index (κ3) is 4.40. The van der Waals surface area contributed by atoms with Gasteiger partial charge >= 0.3 is 0 Å². The molecule has 1 aliphatic heterocycles. The molecule has 0 saturated carbocycles. The molecule has 1 heterocycles. The molecule has 1 aliphatic rings. The number of hydrogen-bond acceptors (Lipinski definition) is 3. The van der Waals surface area contributed by atoms with E-state index in [9.17, 15) is 4.79 Å². The van der Waals surface area contributed by atoms with Crippen molar-refractivity contribution in [2.45, 2.75) is 38.3 Å². The standard InChI is InChI=1S/C21H26N2O2/c1-15(21(24)22-2)23-13-17-9-11-20-19(12-17)18(14-25-20)10-8-16-6-4-3-5-7-16/h3-7,9,11-12,15,18,23H,8,10,13-14H2,1-2H3,(H,22,24)/t15-,18?/m1/s1. The van der Waals surface area contributed by atoms with Crippen LogP contribution in [-0.4, -0.2) is 25.6 Å². The summed E-state index contributed by atoms with van der Waals surface area (Å²) >= 11 is 0. The summed E-state index contributed by atoms with van der Waals surface area (Å²) in [6, 6.07) is 16.7. The first-order chi connectivity index (χ1) is 12.2. The number of carbonyl (C=O) groups is 1. The van der Waals surface area contributed by atoms with E-state index < -0.39 is 0 Å². The van der Waals surface area contributed by atoms with Crippen molar-refractivity contribution in [3.05, 3.63) is 65.2 Å². The molecule has 4 heteroatoms. The monoisotopic (exact) mass is 338 g/mol. The van der Waals surface area contributed by atoms with Crippen molar-refractivity contribution >= 4 is 5.91 Å². The molecule has 4 nitrogen and oxygen atoms in total. The Morgan fingerprint density at radius 3 is 2.76 bits per heavy atom. The molecule has 2 aromatic carbocycles. The third-order valence-corrected chi connectivity index (χ3v) is 4.83.